The molecule has 1 heterocycles. The summed E-state index contributed by atoms with van der Waals surface area (Å²) in [7, 11) is 0. The van der Waals surface area contributed by atoms with Crippen molar-refractivity contribution in [2.75, 3.05) is 6.61 Å². The predicted octanol–water partition coefficient (Wildman–Crippen LogP) is 3.44. The fraction of sp³-hybridized carbons (Fsp3) is 0.250. The third-order valence-corrected chi connectivity index (χ3v) is 3.05. The number of ether oxygens (including phenoxy) is 1. The van der Waals surface area contributed by atoms with Crippen molar-refractivity contribution in [3.8, 4) is 5.75 Å². The number of nitrogens with zero attached hydrogens (tertiary/aromatic N) is 1. The molecule has 24 heavy (non-hydrogen) atoms. The third-order valence-electron chi connectivity index (χ3n) is 3.05. The van der Waals surface area contributed by atoms with E-state index in [1.807, 2.05) is 0 Å². The Kier molecular flexibility index (Phi) is 5.38. The van der Waals surface area contributed by atoms with Crippen LogP contribution in [0.15, 0.2) is 42.6 Å². The van der Waals surface area contributed by atoms with Gasteiger partial charge in [0.15, 0.2) is 0 Å². The second-order valence-electron chi connectivity index (χ2n) is 5.05. The van der Waals surface area contributed by atoms with Crippen molar-refractivity contribution in [2.24, 2.45) is 0 Å². The summed E-state index contributed by atoms with van der Waals surface area (Å²) in [5.74, 6) is -1.69. The summed E-state index contributed by atoms with van der Waals surface area (Å²) in [6.07, 6.45) is -3.39. The number of amides is 1. The summed E-state index contributed by atoms with van der Waals surface area (Å²) in [4.78, 5) is 15.2. The van der Waals surface area contributed by atoms with Gasteiger partial charge in [0.2, 0.25) is 5.95 Å². The van der Waals surface area contributed by atoms with Gasteiger partial charge in [0, 0.05) is 17.8 Å². The minimum atomic E-state index is -4.53. The van der Waals surface area contributed by atoms with E-state index in [4.69, 9.17) is 4.74 Å². The van der Waals surface area contributed by atoms with Gasteiger partial charge >= 0.3 is 6.18 Å². The van der Waals surface area contributed by atoms with E-state index < -0.39 is 29.6 Å². The molecule has 1 N–H and O–H groups in total. The van der Waals surface area contributed by atoms with Crippen LogP contribution in [0.5, 0.6) is 5.75 Å². The maximum atomic E-state index is 13.0. The van der Waals surface area contributed by atoms with Gasteiger partial charge in [-0.1, -0.05) is 12.1 Å². The van der Waals surface area contributed by atoms with Crippen LogP contribution in [0.4, 0.5) is 17.6 Å². The number of alkyl halides is 3. The van der Waals surface area contributed by atoms with Gasteiger partial charge in [-0.15, -0.1) is 0 Å². The lowest BCUT2D eigenvalue weighted by atomic mass is 10.2. The standard InChI is InChI=1S/C16H14F4N2O2/c1-10(22-15(23)11-6-7-21-14(17)8-11)9-24-13-5-3-2-4-12(13)16(18,19)20/h2-8,10H,9H2,1H3,(H,22,23)/t10-/m1/s1. The molecule has 128 valence electrons. The summed E-state index contributed by atoms with van der Waals surface area (Å²) < 4.78 is 56.7. The van der Waals surface area contributed by atoms with Gasteiger partial charge in [-0.2, -0.15) is 17.6 Å². The number of aromatic nitrogens is 1. The Labute approximate surface area is 135 Å². The van der Waals surface area contributed by atoms with Crippen molar-refractivity contribution in [1.82, 2.24) is 10.3 Å². The van der Waals surface area contributed by atoms with Crippen molar-refractivity contribution in [3.63, 3.8) is 0 Å². The smallest absolute Gasteiger partial charge is 0.419 e. The van der Waals surface area contributed by atoms with Crippen molar-refractivity contribution in [1.29, 1.82) is 0 Å². The Morgan fingerprint density at radius 2 is 2.00 bits per heavy atom. The highest BCUT2D eigenvalue weighted by Gasteiger charge is 2.34. The molecule has 0 radical (unpaired) electrons. The SMILES string of the molecule is C[C@H](COc1ccccc1C(F)(F)F)NC(=O)c1ccnc(F)c1. The third kappa shape index (κ3) is 4.68. The van der Waals surface area contributed by atoms with E-state index >= 15 is 0 Å². The van der Waals surface area contributed by atoms with Crippen LogP contribution in [0.3, 0.4) is 0 Å². The van der Waals surface area contributed by atoms with Gasteiger partial charge < -0.3 is 10.1 Å². The first-order valence-electron chi connectivity index (χ1n) is 6.99. The number of hydrogen-bond acceptors (Lipinski definition) is 3. The molecule has 0 saturated heterocycles. The fourth-order valence-corrected chi connectivity index (χ4v) is 1.93. The van der Waals surface area contributed by atoms with Crippen LogP contribution in [-0.4, -0.2) is 23.5 Å². The lowest BCUT2D eigenvalue weighted by Crippen LogP contribution is -2.37. The molecule has 1 amide bonds. The van der Waals surface area contributed by atoms with Crippen molar-refractivity contribution in [3.05, 3.63) is 59.7 Å². The molecule has 0 aliphatic rings. The second-order valence-corrected chi connectivity index (χ2v) is 5.05. The average Bonchev–Trinajstić information content (AvgIpc) is 2.52. The first-order valence-corrected chi connectivity index (χ1v) is 6.99. The summed E-state index contributed by atoms with van der Waals surface area (Å²) in [6, 6.07) is 6.50. The monoisotopic (exact) mass is 342 g/mol. The normalized spacial score (nSPS) is 12.5. The largest absolute Gasteiger partial charge is 0.491 e. The quantitative estimate of drug-likeness (QED) is 0.669. The summed E-state index contributed by atoms with van der Waals surface area (Å²) >= 11 is 0. The van der Waals surface area contributed by atoms with Crippen molar-refractivity contribution in [2.45, 2.75) is 19.1 Å². The van der Waals surface area contributed by atoms with Crippen LogP contribution in [0.2, 0.25) is 0 Å². The zero-order valence-corrected chi connectivity index (χ0v) is 12.6. The Bertz CT molecular complexity index is 719. The van der Waals surface area contributed by atoms with E-state index in [1.165, 1.54) is 24.3 Å². The van der Waals surface area contributed by atoms with Gasteiger partial charge in [0.05, 0.1) is 11.6 Å². The molecule has 0 spiro atoms. The molecular weight excluding hydrogens is 328 g/mol. The molecule has 0 saturated carbocycles. The predicted molar refractivity (Wildman–Crippen MR) is 78.1 cm³/mol. The second kappa shape index (κ2) is 7.29. The van der Waals surface area contributed by atoms with E-state index in [2.05, 4.69) is 10.3 Å². The van der Waals surface area contributed by atoms with Gasteiger partial charge in [0.1, 0.15) is 12.4 Å². The lowest BCUT2D eigenvalue weighted by Gasteiger charge is -2.18. The molecule has 4 nitrogen and oxygen atoms in total. The molecular formula is C16H14F4N2O2. The van der Waals surface area contributed by atoms with Crippen LogP contribution in [0.25, 0.3) is 0 Å². The van der Waals surface area contributed by atoms with Crippen LogP contribution in [0.1, 0.15) is 22.8 Å². The number of benzene rings is 1. The molecule has 8 heteroatoms. The van der Waals surface area contributed by atoms with Gasteiger partial charge in [-0.05, 0) is 25.1 Å². The summed E-state index contributed by atoms with van der Waals surface area (Å²) in [6.45, 7) is 1.39. The van der Waals surface area contributed by atoms with Gasteiger partial charge in [-0.3, -0.25) is 4.79 Å². The Morgan fingerprint density at radius 3 is 2.67 bits per heavy atom. The molecule has 0 fully saturated rings. The van der Waals surface area contributed by atoms with Crippen LogP contribution < -0.4 is 10.1 Å². The van der Waals surface area contributed by atoms with E-state index in [9.17, 15) is 22.4 Å². The first-order chi connectivity index (χ1) is 11.3. The molecule has 0 bridgehead atoms. The molecule has 1 aromatic carbocycles. The van der Waals surface area contributed by atoms with E-state index in [-0.39, 0.29) is 17.9 Å². The van der Waals surface area contributed by atoms with Crippen molar-refractivity contribution >= 4 is 5.91 Å². The minimum Gasteiger partial charge on any atom is -0.491 e. The number of rotatable bonds is 5. The molecule has 2 aromatic rings. The van der Waals surface area contributed by atoms with Gasteiger partial charge in [-0.25, -0.2) is 4.98 Å². The first kappa shape index (κ1) is 17.7. The van der Waals surface area contributed by atoms with E-state index in [1.54, 1.807) is 6.92 Å². The van der Waals surface area contributed by atoms with Crippen LogP contribution >= 0.6 is 0 Å². The van der Waals surface area contributed by atoms with E-state index in [0.29, 0.717) is 0 Å². The van der Waals surface area contributed by atoms with Gasteiger partial charge in [0.25, 0.3) is 5.91 Å². The number of carbonyl (C=O) groups excluding carboxylic acids is 1. The number of pyridine rings is 1. The highest BCUT2D eigenvalue weighted by Crippen LogP contribution is 2.35. The number of nitrogens with one attached hydrogen (secondary N) is 1. The summed E-state index contributed by atoms with van der Waals surface area (Å²) in [5.41, 5.74) is -0.829. The Hall–Kier alpha value is -2.64. The topological polar surface area (TPSA) is 51.2 Å². The van der Waals surface area contributed by atoms with Crippen LogP contribution in [0, 0.1) is 5.95 Å². The van der Waals surface area contributed by atoms with Crippen molar-refractivity contribution < 1.29 is 27.1 Å². The Balaban J connectivity index is 1.97. The summed E-state index contributed by atoms with van der Waals surface area (Å²) in [5, 5.41) is 2.51. The molecule has 2 rings (SSSR count). The van der Waals surface area contributed by atoms with Crippen LogP contribution in [-0.2, 0) is 6.18 Å². The maximum Gasteiger partial charge on any atom is 0.419 e. The maximum absolute atomic E-state index is 13.0. The molecule has 1 aromatic heterocycles. The Morgan fingerprint density at radius 1 is 1.29 bits per heavy atom. The lowest BCUT2D eigenvalue weighted by molar-refractivity contribution is -0.139. The zero-order chi connectivity index (χ0) is 17.7. The number of halogens is 4. The number of hydrogen-bond donors (Lipinski definition) is 1. The molecule has 0 aliphatic heterocycles. The van der Waals surface area contributed by atoms with E-state index in [0.717, 1.165) is 18.3 Å². The molecule has 1 atom stereocenters. The average molecular weight is 342 g/mol. The number of para-hydroxylation sites is 1. The number of carbonyl (C=O) groups is 1. The highest BCUT2D eigenvalue weighted by molar-refractivity contribution is 5.94. The fourth-order valence-electron chi connectivity index (χ4n) is 1.93. The molecule has 0 unspecified atom stereocenters. The zero-order valence-electron chi connectivity index (χ0n) is 12.6. The highest BCUT2D eigenvalue weighted by atomic mass is 19.4. The minimum absolute atomic E-state index is 0.0602. The molecule has 0 aliphatic carbocycles.